The topological polar surface area (TPSA) is 56.5 Å². The van der Waals surface area contributed by atoms with E-state index < -0.39 is 0 Å². The number of nitrogens with one attached hydrogen (secondary N) is 1. The van der Waals surface area contributed by atoms with E-state index in [1.54, 1.807) is 26.4 Å². The van der Waals surface area contributed by atoms with E-state index in [1.165, 1.54) is 0 Å². The monoisotopic (exact) mass is 370 g/mol. The predicted octanol–water partition coefficient (Wildman–Crippen LogP) is 4.75. The smallest absolute Gasteiger partial charge is 0.162 e. The van der Waals surface area contributed by atoms with Crippen LogP contribution >= 0.6 is 27.5 Å². The quantitative estimate of drug-likeness (QED) is 0.761. The van der Waals surface area contributed by atoms with Crippen LogP contribution in [0.5, 0.6) is 11.5 Å². The Morgan fingerprint density at radius 1 is 1.05 bits per heavy atom. The first-order chi connectivity index (χ1) is 9.96. The molecule has 0 radical (unpaired) electrons. The van der Waals surface area contributed by atoms with E-state index in [1.807, 2.05) is 19.1 Å². The Hall–Kier alpha value is -1.59. The highest BCUT2D eigenvalue weighted by Gasteiger charge is 2.11. The fourth-order valence-electron chi connectivity index (χ4n) is 1.89. The number of halogens is 2. The van der Waals surface area contributed by atoms with Crippen LogP contribution in [0, 0.1) is 6.92 Å². The third-order valence-electron chi connectivity index (χ3n) is 3.07. The molecule has 0 atom stereocenters. The minimum absolute atomic E-state index is 0.552. The van der Waals surface area contributed by atoms with Gasteiger partial charge in [0.05, 0.1) is 31.3 Å². The maximum Gasteiger partial charge on any atom is 0.162 e. The molecule has 0 heterocycles. The zero-order chi connectivity index (χ0) is 15.6. The van der Waals surface area contributed by atoms with E-state index in [9.17, 15) is 0 Å². The van der Waals surface area contributed by atoms with E-state index in [-0.39, 0.29) is 0 Å². The summed E-state index contributed by atoms with van der Waals surface area (Å²) in [6.45, 7) is 1.95. The zero-order valence-corrected chi connectivity index (χ0v) is 14.3. The van der Waals surface area contributed by atoms with E-state index in [0.717, 1.165) is 15.7 Å². The number of anilines is 3. The van der Waals surface area contributed by atoms with Crippen molar-refractivity contribution in [3.63, 3.8) is 0 Å². The molecule has 4 nitrogen and oxygen atoms in total. The minimum atomic E-state index is 0.552. The van der Waals surface area contributed by atoms with Crippen LogP contribution in [0.25, 0.3) is 0 Å². The third-order valence-corrected chi connectivity index (χ3v) is 4.14. The molecule has 0 aliphatic heterocycles. The maximum atomic E-state index is 6.16. The number of ether oxygens (including phenoxy) is 2. The standard InChI is InChI=1S/C15H16BrClN2O2/c1-8-4-9(16)12(5-10(8)17)19-13-7-15(21-3)14(20-2)6-11(13)18/h4-7,19H,18H2,1-3H3. The normalized spacial score (nSPS) is 10.3. The lowest BCUT2D eigenvalue weighted by molar-refractivity contribution is 0.355. The van der Waals surface area contributed by atoms with Crippen molar-refractivity contribution < 1.29 is 9.47 Å². The SMILES string of the molecule is COc1cc(N)c(Nc2cc(Cl)c(C)cc2Br)cc1OC. The van der Waals surface area contributed by atoms with Crippen molar-refractivity contribution in [2.45, 2.75) is 6.92 Å². The largest absolute Gasteiger partial charge is 0.493 e. The molecule has 0 saturated heterocycles. The second-order valence-corrected chi connectivity index (χ2v) is 5.76. The van der Waals surface area contributed by atoms with Crippen LogP contribution in [-0.4, -0.2) is 14.2 Å². The maximum absolute atomic E-state index is 6.16. The molecule has 21 heavy (non-hydrogen) atoms. The zero-order valence-electron chi connectivity index (χ0n) is 12.0. The third kappa shape index (κ3) is 3.36. The Kier molecular flexibility index (Phi) is 4.85. The average Bonchev–Trinajstić information content (AvgIpc) is 2.46. The van der Waals surface area contributed by atoms with Crippen molar-refractivity contribution in [2.24, 2.45) is 0 Å². The molecule has 0 aliphatic carbocycles. The van der Waals surface area contributed by atoms with E-state index in [4.69, 9.17) is 26.8 Å². The van der Waals surface area contributed by atoms with Gasteiger partial charge in [0.15, 0.2) is 11.5 Å². The first kappa shape index (κ1) is 15.8. The number of nitrogens with two attached hydrogens (primary N) is 1. The number of nitrogen functional groups attached to an aromatic ring is 1. The van der Waals surface area contributed by atoms with Gasteiger partial charge in [-0.15, -0.1) is 0 Å². The number of aryl methyl sites for hydroxylation is 1. The molecule has 2 aromatic rings. The predicted molar refractivity (Wildman–Crippen MR) is 91.1 cm³/mol. The lowest BCUT2D eigenvalue weighted by Crippen LogP contribution is -2.00. The van der Waals surface area contributed by atoms with Crippen molar-refractivity contribution >= 4 is 44.6 Å². The van der Waals surface area contributed by atoms with Crippen molar-refractivity contribution in [1.29, 1.82) is 0 Å². The molecule has 0 aromatic heterocycles. The summed E-state index contributed by atoms with van der Waals surface area (Å²) >= 11 is 9.67. The van der Waals surface area contributed by atoms with E-state index >= 15 is 0 Å². The number of hydrogen-bond acceptors (Lipinski definition) is 4. The summed E-state index contributed by atoms with van der Waals surface area (Å²) in [7, 11) is 3.15. The number of methoxy groups -OCH3 is 2. The summed E-state index contributed by atoms with van der Waals surface area (Å²) in [6.07, 6.45) is 0. The molecule has 0 spiro atoms. The Labute approximate surface area is 137 Å². The van der Waals surface area contributed by atoms with Gasteiger partial charge in [-0.3, -0.25) is 0 Å². The van der Waals surface area contributed by atoms with Crippen molar-refractivity contribution in [3.8, 4) is 11.5 Å². The molecule has 2 rings (SSSR count). The summed E-state index contributed by atoms with van der Waals surface area (Å²) in [5, 5.41) is 3.92. The fourth-order valence-corrected chi connectivity index (χ4v) is 2.61. The van der Waals surface area contributed by atoms with E-state index in [2.05, 4.69) is 21.2 Å². The van der Waals surface area contributed by atoms with Gasteiger partial charge in [0.2, 0.25) is 0 Å². The van der Waals surface area contributed by atoms with Crippen LogP contribution in [0.2, 0.25) is 5.02 Å². The molecular weight excluding hydrogens is 356 g/mol. The fraction of sp³-hybridized carbons (Fsp3) is 0.200. The Balaban J connectivity index is 2.42. The van der Waals surface area contributed by atoms with Gasteiger partial charge in [-0.25, -0.2) is 0 Å². The van der Waals surface area contributed by atoms with Gasteiger partial charge in [0.25, 0.3) is 0 Å². The molecule has 0 bridgehead atoms. The second kappa shape index (κ2) is 6.45. The molecule has 0 saturated carbocycles. The highest BCUT2D eigenvalue weighted by molar-refractivity contribution is 9.10. The van der Waals surface area contributed by atoms with Gasteiger partial charge >= 0.3 is 0 Å². The summed E-state index contributed by atoms with van der Waals surface area (Å²) in [5.41, 5.74) is 9.13. The van der Waals surface area contributed by atoms with Gasteiger partial charge in [-0.2, -0.15) is 0 Å². The molecule has 0 aliphatic rings. The van der Waals surface area contributed by atoms with Crippen LogP contribution in [0.4, 0.5) is 17.1 Å². The van der Waals surface area contributed by atoms with Crippen molar-refractivity contribution in [3.05, 3.63) is 39.3 Å². The molecule has 6 heteroatoms. The number of hydrogen-bond donors (Lipinski definition) is 2. The number of benzene rings is 2. The molecule has 3 N–H and O–H groups in total. The first-order valence-corrected chi connectivity index (χ1v) is 7.37. The van der Waals surface area contributed by atoms with Gasteiger partial charge in [0.1, 0.15) is 0 Å². The molecule has 0 unspecified atom stereocenters. The molecule has 0 fully saturated rings. The Morgan fingerprint density at radius 2 is 1.67 bits per heavy atom. The van der Waals surface area contributed by atoms with Crippen molar-refractivity contribution in [1.82, 2.24) is 0 Å². The first-order valence-electron chi connectivity index (χ1n) is 6.20. The lowest BCUT2D eigenvalue weighted by atomic mass is 10.2. The van der Waals surface area contributed by atoms with Crippen LogP contribution in [0.1, 0.15) is 5.56 Å². The van der Waals surface area contributed by atoms with Gasteiger partial charge in [-0.05, 0) is 40.5 Å². The van der Waals surface area contributed by atoms with Crippen LogP contribution in [-0.2, 0) is 0 Å². The summed E-state index contributed by atoms with van der Waals surface area (Å²) in [4.78, 5) is 0. The van der Waals surface area contributed by atoms with Crippen molar-refractivity contribution in [2.75, 3.05) is 25.3 Å². The Bertz CT molecular complexity index is 677. The van der Waals surface area contributed by atoms with E-state index in [0.29, 0.717) is 27.9 Å². The second-order valence-electron chi connectivity index (χ2n) is 4.50. The summed E-state index contributed by atoms with van der Waals surface area (Å²) in [6, 6.07) is 7.29. The highest BCUT2D eigenvalue weighted by atomic mass is 79.9. The average molecular weight is 372 g/mol. The van der Waals surface area contributed by atoms with Gasteiger partial charge in [0, 0.05) is 21.6 Å². The van der Waals surface area contributed by atoms with Crippen LogP contribution in [0.15, 0.2) is 28.7 Å². The molecule has 2 aromatic carbocycles. The molecule has 0 amide bonds. The number of rotatable bonds is 4. The minimum Gasteiger partial charge on any atom is -0.493 e. The highest BCUT2D eigenvalue weighted by Crippen LogP contribution is 2.38. The molecule has 112 valence electrons. The van der Waals surface area contributed by atoms with Crippen LogP contribution in [0.3, 0.4) is 0 Å². The lowest BCUT2D eigenvalue weighted by Gasteiger charge is -2.15. The van der Waals surface area contributed by atoms with Gasteiger partial charge in [-0.1, -0.05) is 11.6 Å². The summed E-state index contributed by atoms with van der Waals surface area (Å²) in [5.74, 6) is 1.19. The van der Waals surface area contributed by atoms with Gasteiger partial charge < -0.3 is 20.5 Å². The van der Waals surface area contributed by atoms with Crippen LogP contribution < -0.4 is 20.5 Å². The summed E-state index contributed by atoms with van der Waals surface area (Å²) < 4.78 is 11.4. The Morgan fingerprint density at radius 3 is 2.29 bits per heavy atom. The molecular formula is C15H16BrClN2O2.